The van der Waals surface area contributed by atoms with Gasteiger partial charge in [0.15, 0.2) is 6.29 Å². The van der Waals surface area contributed by atoms with Gasteiger partial charge < -0.3 is 33.2 Å². The van der Waals surface area contributed by atoms with Crippen LogP contribution in [0.5, 0.6) is 0 Å². The van der Waals surface area contributed by atoms with Gasteiger partial charge in [-0.1, -0.05) is 30.3 Å². The smallest absolute Gasteiger partial charge is 0.157 e. The van der Waals surface area contributed by atoms with Gasteiger partial charge in [-0.25, -0.2) is 0 Å². The van der Waals surface area contributed by atoms with Crippen LogP contribution in [0.3, 0.4) is 0 Å². The van der Waals surface area contributed by atoms with Crippen LogP contribution >= 0.6 is 0 Å². The monoisotopic (exact) mass is 454 g/mol. The molecule has 0 N–H and O–H groups in total. The standard InChI is InChI=1S/C25H42O7/c1-3-9-24(10-4-1)23-30-22-21-29-20-19-28-18-17-27-16-15-26-12-6-2-7-13-31-25-11-5-8-14-32-25/h1,3-4,9-10,25H,2,5-8,11-23H2. The molecule has 7 heteroatoms. The number of benzene rings is 1. The van der Waals surface area contributed by atoms with Crippen LogP contribution in [-0.2, 0) is 39.8 Å². The van der Waals surface area contributed by atoms with Crippen molar-refractivity contribution >= 4 is 0 Å². The molecule has 0 spiro atoms. The van der Waals surface area contributed by atoms with Gasteiger partial charge in [0.05, 0.1) is 59.5 Å². The number of rotatable bonds is 21. The van der Waals surface area contributed by atoms with Crippen molar-refractivity contribution in [1.29, 1.82) is 0 Å². The van der Waals surface area contributed by atoms with Gasteiger partial charge >= 0.3 is 0 Å². The zero-order valence-corrected chi connectivity index (χ0v) is 19.5. The molecule has 0 aliphatic carbocycles. The maximum atomic E-state index is 5.72. The van der Waals surface area contributed by atoms with Crippen LogP contribution in [0.25, 0.3) is 0 Å². The lowest BCUT2D eigenvalue weighted by molar-refractivity contribution is -0.162. The minimum atomic E-state index is 0.0263. The second-order valence-electron chi connectivity index (χ2n) is 7.72. The molecule has 0 radical (unpaired) electrons. The molecule has 2 rings (SSSR count). The van der Waals surface area contributed by atoms with Crippen LogP contribution in [0.4, 0.5) is 0 Å². The molecule has 0 aromatic heterocycles. The molecule has 7 nitrogen and oxygen atoms in total. The molecular weight excluding hydrogens is 412 g/mol. The fourth-order valence-corrected chi connectivity index (χ4v) is 3.18. The lowest BCUT2D eigenvalue weighted by Crippen LogP contribution is -2.22. The summed E-state index contributed by atoms with van der Waals surface area (Å²) < 4.78 is 38.9. The van der Waals surface area contributed by atoms with E-state index < -0.39 is 0 Å². The molecule has 1 unspecified atom stereocenters. The predicted octanol–water partition coefficient (Wildman–Crippen LogP) is 3.98. The van der Waals surface area contributed by atoms with E-state index in [1.807, 2.05) is 18.2 Å². The first-order valence-corrected chi connectivity index (χ1v) is 12.1. The topological polar surface area (TPSA) is 64.6 Å². The summed E-state index contributed by atoms with van der Waals surface area (Å²) in [5.41, 5.74) is 1.17. The van der Waals surface area contributed by atoms with E-state index in [1.54, 1.807) is 0 Å². The van der Waals surface area contributed by atoms with Gasteiger partial charge in [-0.2, -0.15) is 0 Å². The molecule has 0 bridgehead atoms. The molecule has 1 aromatic carbocycles. The van der Waals surface area contributed by atoms with E-state index >= 15 is 0 Å². The lowest BCUT2D eigenvalue weighted by Gasteiger charge is -2.22. The fourth-order valence-electron chi connectivity index (χ4n) is 3.18. The van der Waals surface area contributed by atoms with Gasteiger partial charge in [-0.05, 0) is 44.1 Å². The van der Waals surface area contributed by atoms with Crippen molar-refractivity contribution in [2.24, 2.45) is 0 Å². The Bertz CT molecular complexity index is 508. The minimum absolute atomic E-state index is 0.0263. The highest BCUT2D eigenvalue weighted by Gasteiger charge is 2.13. The molecule has 184 valence electrons. The minimum Gasteiger partial charge on any atom is -0.379 e. The maximum Gasteiger partial charge on any atom is 0.157 e. The molecule has 1 aliphatic heterocycles. The summed E-state index contributed by atoms with van der Waals surface area (Å²) in [6, 6.07) is 10.1. The summed E-state index contributed by atoms with van der Waals surface area (Å²) in [5, 5.41) is 0. The normalized spacial score (nSPS) is 16.4. The van der Waals surface area contributed by atoms with Gasteiger partial charge in [0.1, 0.15) is 0 Å². The molecular formula is C25H42O7. The molecule has 1 aromatic rings. The van der Waals surface area contributed by atoms with Crippen molar-refractivity contribution in [2.75, 3.05) is 72.7 Å². The summed E-state index contributed by atoms with van der Waals surface area (Å²) in [6.07, 6.45) is 6.66. The third-order valence-electron chi connectivity index (χ3n) is 4.97. The third kappa shape index (κ3) is 15.7. The van der Waals surface area contributed by atoms with E-state index in [0.717, 1.165) is 51.9 Å². The Morgan fingerprint density at radius 2 is 1.22 bits per heavy atom. The first-order valence-electron chi connectivity index (χ1n) is 12.1. The van der Waals surface area contributed by atoms with Crippen molar-refractivity contribution in [1.82, 2.24) is 0 Å². The Kier molecular flexibility index (Phi) is 17.5. The number of unbranched alkanes of at least 4 members (excludes halogenated alkanes) is 2. The van der Waals surface area contributed by atoms with E-state index in [9.17, 15) is 0 Å². The van der Waals surface area contributed by atoms with E-state index in [0.29, 0.717) is 59.5 Å². The van der Waals surface area contributed by atoms with Crippen LogP contribution in [0.15, 0.2) is 30.3 Å². The quantitative estimate of drug-likeness (QED) is 0.260. The zero-order valence-electron chi connectivity index (χ0n) is 19.5. The zero-order chi connectivity index (χ0) is 22.4. The molecule has 1 heterocycles. The van der Waals surface area contributed by atoms with Gasteiger partial charge in [-0.3, -0.25) is 0 Å². The first-order chi connectivity index (χ1) is 15.9. The number of hydrogen-bond acceptors (Lipinski definition) is 7. The van der Waals surface area contributed by atoms with Crippen molar-refractivity contribution < 1.29 is 33.2 Å². The Balaban J connectivity index is 1.19. The Hall–Kier alpha value is -1.06. The molecule has 0 saturated carbocycles. The SMILES string of the molecule is c1ccc(COCCOCCOCCOCCOCCCCCOC2CCCCO2)cc1. The van der Waals surface area contributed by atoms with Crippen LogP contribution in [-0.4, -0.2) is 79.0 Å². The summed E-state index contributed by atoms with van der Waals surface area (Å²) >= 11 is 0. The summed E-state index contributed by atoms with van der Waals surface area (Å²) in [4.78, 5) is 0. The molecule has 1 atom stereocenters. The van der Waals surface area contributed by atoms with E-state index in [2.05, 4.69) is 12.1 Å². The van der Waals surface area contributed by atoms with Crippen molar-refractivity contribution in [3.8, 4) is 0 Å². The summed E-state index contributed by atoms with van der Waals surface area (Å²) in [7, 11) is 0. The Morgan fingerprint density at radius 1 is 0.625 bits per heavy atom. The summed E-state index contributed by atoms with van der Waals surface area (Å²) in [6.45, 7) is 7.66. The second kappa shape index (κ2) is 20.5. The highest BCUT2D eigenvalue weighted by atomic mass is 16.7. The van der Waals surface area contributed by atoms with Crippen LogP contribution in [0.2, 0.25) is 0 Å². The lowest BCUT2D eigenvalue weighted by atomic mass is 10.2. The Morgan fingerprint density at radius 3 is 1.84 bits per heavy atom. The molecule has 1 fully saturated rings. The van der Waals surface area contributed by atoms with Crippen molar-refractivity contribution in [2.45, 2.75) is 51.4 Å². The molecule has 1 saturated heterocycles. The highest BCUT2D eigenvalue weighted by Crippen LogP contribution is 2.14. The van der Waals surface area contributed by atoms with Crippen LogP contribution in [0, 0.1) is 0 Å². The summed E-state index contributed by atoms with van der Waals surface area (Å²) in [5.74, 6) is 0. The number of hydrogen-bond donors (Lipinski definition) is 0. The Labute approximate surface area is 193 Å². The highest BCUT2D eigenvalue weighted by molar-refractivity contribution is 5.13. The average Bonchev–Trinajstić information content (AvgIpc) is 2.84. The van der Waals surface area contributed by atoms with E-state index in [1.165, 1.54) is 12.0 Å². The van der Waals surface area contributed by atoms with Gasteiger partial charge in [0, 0.05) is 19.8 Å². The van der Waals surface area contributed by atoms with E-state index in [-0.39, 0.29) is 6.29 Å². The second-order valence-corrected chi connectivity index (χ2v) is 7.72. The van der Waals surface area contributed by atoms with Crippen molar-refractivity contribution in [3.63, 3.8) is 0 Å². The average molecular weight is 455 g/mol. The van der Waals surface area contributed by atoms with Gasteiger partial charge in [0.2, 0.25) is 0 Å². The fraction of sp³-hybridized carbons (Fsp3) is 0.760. The third-order valence-corrected chi connectivity index (χ3v) is 4.97. The van der Waals surface area contributed by atoms with Gasteiger partial charge in [0.25, 0.3) is 0 Å². The van der Waals surface area contributed by atoms with Crippen LogP contribution in [0.1, 0.15) is 44.1 Å². The van der Waals surface area contributed by atoms with Gasteiger partial charge in [-0.15, -0.1) is 0 Å². The largest absolute Gasteiger partial charge is 0.379 e. The van der Waals surface area contributed by atoms with Crippen molar-refractivity contribution in [3.05, 3.63) is 35.9 Å². The van der Waals surface area contributed by atoms with Crippen LogP contribution < -0.4 is 0 Å². The number of ether oxygens (including phenoxy) is 7. The molecule has 0 amide bonds. The maximum absolute atomic E-state index is 5.72. The van der Waals surface area contributed by atoms with E-state index in [4.69, 9.17) is 33.2 Å². The first kappa shape index (κ1) is 27.2. The molecule has 1 aliphatic rings. The predicted molar refractivity (Wildman–Crippen MR) is 123 cm³/mol. The molecule has 32 heavy (non-hydrogen) atoms.